The summed E-state index contributed by atoms with van der Waals surface area (Å²) in [6.07, 6.45) is 2.73. The molecule has 12 heavy (non-hydrogen) atoms. The molecule has 0 aliphatic carbocycles. The van der Waals surface area contributed by atoms with Crippen LogP contribution in [0.15, 0.2) is 0 Å². The van der Waals surface area contributed by atoms with Crippen molar-refractivity contribution in [1.29, 1.82) is 0 Å². The van der Waals surface area contributed by atoms with E-state index in [1.807, 2.05) is 0 Å². The van der Waals surface area contributed by atoms with Gasteiger partial charge >= 0.3 is 0 Å². The average Bonchev–Trinajstić information content (AvgIpc) is 2.58. The fraction of sp³-hybridized carbons (Fsp3) is 1.00. The molecule has 1 rings (SSSR count). The Labute approximate surface area is 75.7 Å². The van der Waals surface area contributed by atoms with Gasteiger partial charge in [-0.25, -0.2) is 0 Å². The van der Waals surface area contributed by atoms with Gasteiger partial charge in [-0.15, -0.1) is 0 Å². The highest BCUT2D eigenvalue weighted by Crippen LogP contribution is 2.09. The zero-order valence-corrected chi connectivity index (χ0v) is 8.31. The molecule has 1 fully saturated rings. The fourth-order valence-corrected chi connectivity index (χ4v) is 1.08. The molecule has 1 saturated heterocycles. The van der Waals surface area contributed by atoms with Crippen LogP contribution in [0.3, 0.4) is 0 Å². The lowest BCUT2D eigenvalue weighted by Crippen LogP contribution is -2.17. The first kappa shape index (κ1) is 11.9. The van der Waals surface area contributed by atoms with E-state index in [0.29, 0.717) is 12.6 Å². The summed E-state index contributed by atoms with van der Waals surface area (Å²) >= 11 is 0. The van der Waals surface area contributed by atoms with Crippen molar-refractivity contribution in [3.63, 3.8) is 0 Å². The summed E-state index contributed by atoms with van der Waals surface area (Å²) in [6, 6.07) is 0. The van der Waals surface area contributed by atoms with E-state index in [0.717, 1.165) is 26.1 Å². The first-order valence-electron chi connectivity index (χ1n) is 4.87. The molecule has 1 aliphatic heterocycles. The molecule has 0 saturated carbocycles. The molecule has 1 atom stereocenters. The molecule has 0 spiro atoms. The van der Waals surface area contributed by atoms with Crippen LogP contribution in [0.4, 0.5) is 0 Å². The van der Waals surface area contributed by atoms with Gasteiger partial charge in [0.25, 0.3) is 0 Å². The van der Waals surface area contributed by atoms with Gasteiger partial charge in [0.1, 0.15) is 0 Å². The third-order valence-corrected chi connectivity index (χ3v) is 1.79. The number of nitrogens with one attached hydrogen (secondary N) is 1. The summed E-state index contributed by atoms with van der Waals surface area (Å²) in [7, 11) is 0. The number of rotatable bonds is 3. The SMILES string of the molecule is CCNCC.NCC1CCCO1. The molecule has 74 valence electrons. The minimum absolute atomic E-state index is 0.375. The fourth-order valence-electron chi connectivity index (χ4n) is 1.08. The van der Waals surface area contributed by atoms with Crippen molar-refractivity contribution in [2.24, 2.45) is 5.73 Å². The molecule has 0 aromatic rings. The van der Waals surface area contributed by atoms with E-state index in [-0.39, 0.29) is 0 Å². The Morgan fingerprint density at radius 1 is 1.42 bits per heavy atom. The van der Waals surface area contributed by atoms with E-state index >= 15 is 0 Å². The van der Waals surface area contributed by atoms with Crippen molar-refractivity contribution in [3.05, 3.63) is 0 Å². The maximum Gasteiger partial charge on any atom is 0.0698 e. The highest BCUT2D eigenvalue weighted by molar-refractivity contribution is 4.63. The Hall–Kier alpha value is -0.120. The first-order valence-corrected chi connectivity index (χ1v) is 4.87. The van der Waals surface area contributed by atoms with Crippen molar-refractivity contribution >= 4 is 0 Å². The predicted octanol–water partition coefficient (Wildman–Crippen LogP) is 0.740. The molecule has 1 unspecified atom stereocenters. The van der Waals surface area contributed by atoms with E-state index < -0.39 is 0 Å². The van der Waals surface area contributed by atoms with Gasteiger partial charge in [0, 0.05) is 13.2 Å². The topological polar surface area (TPSA) is 47.3 Å². The number of nitrogens with two attached hydrogens (primary N) is 1. The Morgan fingerprint density at radius 2 is 2.08 bits per heavy atom. The van der Waals surface area contributed by atoms with Gasteiger partial charge in [-0.3, -0.25) is 0 Å². The van der Waals surface area contributed by atoms with Gasteiger partial charge in [-0.05, 0) is 25.9 Å². The summed E-state index contributed by atoms with van der Waals surface area (Å²) < 4.78 is 5.18. The summed E-state index contributed by atoms with van der Waals surface area (Å²) in [4.78, 5) is 0. The zero-order valence-electron chi connectivity index (χ0n) is 8.31. The van der Waals surface area contributed by atoms with E-state index in [2.05, 4.69) is 19.2 Å². The monoisotopic (exact) mass is 174 g/mol. The molecule has 0 aromatic heterocycles. The Bertz CT molecular complexity index is 80.6. The van der Waals surface area contributed by atoms with Crippen molar-refractivity contribution in [1.82, 2.24) is 5.32 Å². The summed E-state index contributed by atoms with van der Waals surface area (Å²) in [5, 5.41) is 3.11. The lowest BCUT2D eigenvalue weighted by molar-refractivity contribution is 0.117. The average molecular weight is 174 g/mol. The van der Waals surface area contributed by atoms with E-state index in [1.165, 1.54) is 6.42 Å². The lowest BCUT2D eigenvalue weighted by Gasteiger charge is -2.01. The molecule has 0 amide bonds. The molecular weight excluding hydrogens is 152 g/mol. The summed E-state index contributed by atoms with van der Waals surface area (Å²) in [6.45, 7) is 8.00. The largest absolute Gasteiger partial charge is 0.377 e. The second kappa shape index (κ2) is 8.97. The summed E-state index contributed by atoms with van der Waals surface area (Å²) in [5.41, 5.74) is 5.31. The van der Waals surface area contributed by atoms with Crippen molar-refractivity contribution in [3.8, 4) is 0 Å². The Balaban J connectivity index is 0.000000217. The van der Waals surface area contributed by atoms with Crippen LogP contribution in [-0.4, -0.2) is 32.3 Å². The van der Waals surface area contributed by atoms with Crippen LogP contribution in [0.1, 0.15) is 26.7 Å². The lowest BCUT2D eigenvalue weighted by atomic mass is 10.2. The molecule has 3 nitrogen and oxygen atoms in total. The highest BCUT2D eigenvalue weighted by atomic mass is 16.5. The number of ether oxygens (including phenoxy) is 1. The van der Waals surface area contributed by atoms with Crippen LogP contribution < -0.4 is 11.1 Å². The van der Waals surface area contributed by atoms with Crippen LogP contribution in [0.2, 0.25) is 0 Å². The molecule has 1 aliphatic rings. The van der Waals surface area contributed by atoms with Crippen LogP contribution in [0.25, 0.3) is 0 Å². The molecule has 3 heteroatoms. The second-order valence-corrected chi connectivity index (χ2v) is 2.83. The minimum atomic E-state index is 0.375. The molecular formula is C9H22N2O. The van der Waals surface area contributed by atoms with Gasteiger partial charge in [0.15, 0.2) is 0 Å². The van der Waals surface area contributed by atoms with E-state index in [9.17, 15) is 0 Å². The van der Waals surface area contributed by atoms with Crippen LogP contribution in [0.5, 0.6) is 0 Å². The van der Waals surface area contributed by atoms with Gasteiger partial charge in [-0.1, -0.05) is 13.8 Å². The molecule has 3 N–H and O–H groups in total. The Morgan fingerprint density at radius 3 is 2.25 bits per heavy atom. The number of hydrogen-bond acceptors (Lipinski definition) is 3. The van der Waals surface area contributed by atoms with Crippen molar-refractivity contribution in [2.45, 2.75) is 32.8 Å². The maximum atomic E-state index is 5.31. The smallest absolute Gasteiger partial charge is 0.0698 e. The quantitative estimate of drug-likeness (QED) is 0.663. The molecule has 0 aromatic carbocycles. The van der Waals surface area contributed by atoms with Gasteiger partial charge < -0.3 is 15.8 Å². The minimum Gasteiger partial charge on any atom is -0.377 e. The highest BCUT2D eigenvalue weighted by Gasteiger charge is 2.11. The first-order chi connectivity index (χ1) is 5.85. The van der Waals surface area contributed by atoms with Gasteiger partial charge in [-0.2, -0.15) is 0 Å². The molecule has 1 heterocycles. The van der Waals surface area contributed by atoms with Crippen LogP contribution in [0, 0.1) is 0 Å². The molecule has 0 radical (unpaired) electrons. The number of hydrogen-bond donors (Lipinski definition) is 2. The van der Waals surface area contributed by atoms with Crippen molar-refractivity contribution in [2.75, 3.05) is 26.2 Å². The van der Waals surface area contributed by atoms with Crippen LogP contribution >= 0.6 is 0 Å². The second-order valence-electron chi connectivity index (χ2n) is 2.83. The zero-order chi connectivity index (χ0) is 9.23. The van der Waals surface area contributed by atoms with E-state index in [1.54, 1.807) is 0 Å². The van der Waals surface area contributed by atoms with E-state index in [4.69, 9.17) is 10.5 Å². The standard InChI is InChI=1S/C5H11NO.C4H11N/c6-4-5-2-1-3-7-5;1-3-5-4-2/h5H,1-4,6H2;5H,3-4H2,1-2H3. The van der Waals surface area contributed by atoms with Gasteiger partial charge in [0.05, 0.1) is 6.10 Å². The van der Waals surface area contributed by atoms with Crippen LogP contribution in [-0.2, 0) is 4.74 Å². The third-order valence-electron chi connectivity index (χ3n) is 1.79. The van der Waals surface area contributed by atoms with Gasteiger partial charge in [0.2, 0.25) is 0 Å². The predicted molar refractivity (Wildman–Crippen MR) is 52.2 cm³/mol. The maximum absolute atomic E-state index is 5.31. The Kier molecular flexibility index (Phi) is 8.88. The third kappa shape index (κ3) is 6.58. The van der Waals surface area contributed by atoms with Crippen molar-refractivity contribution < 1.29 is 4.74 Å². The summed E-state index contributed by atoms with van der Waals surface area (Å²) in [5.74, 6) is 0. The molecule has 0 bridgehead atoms. The normalized spacial score (nSPS) is 21.8.